The Morgan fingerprint density at radius 1 is 0.913 bits per heavy atom. The molecule has 0 aromatic rings. The summed E-state index contributed by atoms with van der Waals surface area (Å²) >= 11 is 0. The Morgan fingerprint density at radius 3 is 2.30 bits per heavy atom. The van der Waals surface area contributed by atoms with Gasteiger partial charge in [0.25, 0.3) is 0 Å². The quantitative estimate of drug-likeness (QED) is 0.763. The number of hydrogen-bond acceptors (Lipinski definition) is 4. The van der Waals surface area contributed by atoms with Crippen molar-refractivity contribution in [3.8, 4) is 0 Å². The predicted molar refractivity (Wildman–Crippen MR) is 91.0 cm³/mol. The van der Waals surface area contributed by atoms with E-state index in [1.54, 1.807) is 4.90 Å². The maximum Gasteiger partial charge on any atom is 0.237 e. The molecule has 0 radical (unpaired) electrons. The topological polar surface area (TPSA) is 57.7 Å². The van der Waals surface area contributed by atoms with Gasteiger partial charge in [0.2, 0.25) is 5.91 Å². The van der Waals surface area contributed by atoms with Crippen LogP contribution in [-0.4, -0.2) is 67.9 Å². The van der Waals surface area contributed by atoms with Gasteiger partial charge in [0.1, 0.15) is 5.75 Å². The van der Waals surface area contributed by atoms with Crippen molar-refractivity contribution in [1.29, 1.82) is 0 Å². The third-order valence-electron chi connectivity index (χ3n) is 5.74. The van der Waals surface area contributed by atoms with E-state index in [-0.39, 0.29) is 16.9 Å². The minimum Gasteiger partial charge on any atom is -0.341 e. The van der Waals surface area contributed by atoms with Crippen molar-refractivity contribution in [3.63, 3.8) is 0 Å². The van der Waals surface area contributed by atoms with Gasteiger partial charge in [-0.25, -0.2) is 8.42 Å². The van der Waals surface area contributed by atoms with Gasteiger partial charge in [-0.15, -0.1) is 0 Å². The number of nitrogens with zero attached hydrogens (tertiary/aromatic N) is 2. The van der Waals surface area contributed by atoms with Crippen molar-refractivity contribution in [2.24, 2.45) is 5.92 Å². The molecular formula is C17H30N2O3S. The van der Waals surface area contributed by atoms with Crippen molar-refractivity contribution in [2.75, 3.05) is 38.5 Å². The molecule has 1 atom stereocenters. The molecule has 3 rings (SSSR count). The van der Waals surface area contributed by atoms with Crippen molar-refractivity contribution in [1.82, 2.24) is 9.80 Å². The molecule has 0 spiro atoms. The summed E-state index contributed by atoms with van der Waals surface area (Å²) in [6, 6.07) is 0. The number of carbonyl (C=O) groups excluding carboxylic acids is 1. The van der Waals surface area contributed by atoms with E-state index in [0.29, 0.717) is 5.92 Å². The Labute approximate surface area is 140 Å². The van der Waals surface area contributed by atoms with E-state index in [2.05, 4.69) is 4.90 Å². The van der Waals surface area contributed by atoms with Crippen LogP contribution in [0.15, 0.2) is 0 Å². The number of amides is 1. The first-order valence-corrected chi connectivity index (χ1v) is 11.0. The SMILES string of the molecule is O=C(CS(=O)(=O)C1CCCC1)N1CC[C@@H](CN2CCCCC2)C1. The summed E-state index contributed by atoms with van der Waals surface area (Å²) < 4.78 is 24.7. The fourth-order valence-electron chi connectivity index (χ4n) is 4.34. The Kier molecular flexibility index (Phi) is 5.62. The minimum atomic E-state index is -3.24. The van der Waals surface area contributed by atoms with E-state index < -0.39 is 9.84 Å². The third kappa shape index (κ3) is 4.47. The van der Waals surface area contributed by atoms with Crippen LogP contribution in [0.25, 0.3) is 0 Å². The van der Waals surface area contributed by atoms with Crippen LogP contribution < -0.4 is 0 Å². The van der Waals surface area contributed by atoms with Crippen molar-refractivity contribution < 1.29 is 13.2 Å². The van der Waals surface area contributed by atoms with Gasteiger partial charge in [-0.1, -0.05) is 19.3 Å². The minimum absolute atomic E-state index is 0.168. The lowest BCUT2D eigenvalue weighted by molar-refractivity contribution is -0.127. The molecule has 2 heterocycles. The molecule has 5 nitrogen and oxygen atoms in total. The van der Waals surface area contributed by atoms with Crippen LogP contribution in [-0.2, 0) is 14.6 Å². The molecule has 132 valence electrons. The van der Waals surface area contributed by atoms with Crippen LogP contribution in [0.5, 0.6) is 0 Å². The van der Waals surface area contributed by atoms with Crippen LogP contribution in [0.4, 0.5) is 0 Å². The summed E-state index contributed by atoms with van der Waals surface area (Å²) in [6.45, 7) is 4.91. The Bertz CT molecular complexity index is 508. The van der Waals surface area contributed by atoms with Crippen LogP contribution in [0.1, 0.15) is 51.4 Å². The smallest absolute Gasteiger partial charge is 0.237 e. The number of piperidine rings is 1. The molecule has 3 aliphatic rings. The van der Waals surface area contributed by atoms with Crippen molar-refractivity contribution in [2.45, 2.75) is 56.6 Å². The Balaban J connectivity index is 1.47. The van der Waals surface area contributed by atoms with Gasteiger partial charge >= 0.3 is 0 Å². The van der Waals surface area contributed by atoms with Crippen LogP contribution in [0.2, 0.25) is 0 Å². The monoisotopic (exact) mass is 342 g/mol. The number of carbonyl (C=O) groups is 1. The summed E-state index contributed by atoms with van der Waals surface area (Å²) in [5, 5.41) is -0.266. The van der Waals surface area contributed by atoms with Gasteiger partial charge in [0.05, 0.1) is 5.25 Å². The van der Waals surface area contributed by atoms with E-state index >= 15 is 0 Å². The van der Waals surface area contributed by atoms with Gasteiger partial charge < -0.3 is 9.80 Å². The van der Waals surface area contributed by atoms with Gasteiger partial charge in [0, 0.05) is 19.6 Å². The van der Waals surface area contributed by atoms with E-state index in [4.69, 9.17) is 0 Å². The molecule has 0 aromatic carbocycles. The second-order valence-electron chi connectivity index (χ2n) is 7.57. The molecule has 0 aromatic heterocycles. The first-order valence-electron chi connectivity index (χ1n) is 9.26. The average molecular weight is 343 g/mol. The Hall–Kier alpha value is -0.620. The Morgan fingerprint density at radius 2 is 1.61 bits per heavy atom. The normalized spacial score (nSPS) is 27.7. The number of hydrogen-bond donors (Lipinski definition) is 0. The molecule has 1 amide bonds. The summed E-state index contributed by atoms with van der Waals surface area (Å²) in [6.07, 6.45) is 8.39. The lowest BCUT2D eigenvalue weighted by atomic mass is 10.1. The zero-order valence-corrected chi connectivity index (χ0v) is 14.9. The summed E-state index contributed by atoms with van der Waals surface area (Å²) in [4.78, 5) is 16.7. The van der Waals surface area contributed by atoms with Crippen molar-refractivity contribution >= 4 is 15.7 Å². The maximum atomic E-state index is 12.4. The van der Waals surface area contributed by atoms with Crippen LogP contribution in [0, 0.1) is 5.92 Å². The van der Waals surface area contributed by atoms with Gasteiger partial charge in [0.15, 0.2) is 9.84 Å². The number of rotatable bonds is 5. The summed E-state index contributed by atoms with van der Waals surface area (Å²) in [5.41, 5.74) is 0. The molecule has 1 aliphatic carbocycles. The standard InChI is InChI=1S/C17H30N2O3S/c20-17(14-23(21,22)16-6-2-3-7-16)19-11-8-15(13-19)12-18-9-4-1-5-10-18/h15-16H,1-14H2/t15-/m0/s1. The first-order chi connectivity index (χ1) is 11.0. The largest absolute Gasteiger partial charge is 0.341 e. The molecule has 0 N–H and O–H groups in total. The zero-order valence-electron chi connectivity index (χ0n) is 14.1. The molecule has 2 aliphatic heterocycles. The third-order valence-corrected chi connectivity index (χ3v) is 7.87. The zero-order chi connectivity index (χ0) is 16.3. The second kappa shape index (κ2) is 7.51. The van der Waals surface area contributed by atoms with E-state index in [1.165, 1.54) is 32.4 Å². The lowest BCUT2D eigenvalue weighted by Crippen LogP contribution is -2.38. The first kappa shape index (κ1) is 17.2. The fourth-order valence-corrected chi connectivity index (χ4v) is 6.16. The molecule has 6 heteroatoms. The van der Waals surface area contributed by atoms with Crippen LogP contribution in [0.3, 0.4) is 0 Å². The van der Waals surface area contributed by atoms with E-state index in [0.717, 1.165) is 51.7 Å². The highest BCUT2D eigenvalue weighted by Gasteiger charge is 2.34. The molecule has 23 heavy (non-hydrogen) atoms. The molecule has 0 bridgehead atoms. The summed E-state index contributed by atoms with van der Waals surface area (Å²) in [5.74, 6) is 0.0814. The molecule has 0 unspecified atom stereocenters. The van der Waals surface area contributed by atoms with Gasteiger partial charge in [-0.2, -0.15) is 0 Å². The second-order valence-corrected chi connectivity index (χ2v) is 9.85. The fraction of sp³-hybridized carbons (Fsp3) is 0.941. The summed E-state index contributed by atoms with van der Waals surface area (Å²) in [7, 11) is -3.24. The number of likely N-dealkylation sites (tertiary alicyclic amines) is 2. The predicted octanol–water partition coefficient (Wildman–Crippen LogP) is 1.68. The van der Waals surface area contributed by atoms with E-state index in [1.807, 2.05) is 0 Å². The van der Waals surface area contributed by atoms with Gasteiger partial charge in [-0.3, -0.25) is 4.79 Å². The van der Waals surface area contributed by atoms with Crippen molar-refractivity contribution in [3.05, 3.63) is 0 Å². The van der Waals surface area contributed by atoms with Gasteiger partial charge in [-0.05, 0) is 51.1 Å². The molecule has 2 saturated heterocycles. The molecule has 3 fully saturated rings. The van der Waals surface area contributed by atoms with Crippen LogP contribution >= 0.6 is 0 Å². The highest BCUT2D eigenvalue weighted by molar-refractivity contribution is 7.92. The lowest BCUT2D eigenvalue weighted by Gasteiger charge is -2.29. The molecular weight excluding hydrogens is 312 g/mol. The average Bonchev–Trinajstić information content (AvgIpc) is 3.19. The highest BCUT2D eigenvalue weighted by atomic mass is 32.2. The van der Waals surface area contributed by atoms with E-state index in [9.17, 15) is 13.2 Å². The number of sulfone groups is 1. The highest BCUT2D eigenvalue weighted by Crippen LogP contribution is 2.26. The molecule has 1 saturated carbocycles. The maximum absolute atomic E-state index is 12.4.